The summed E-state index contributed by atoms with van der Waals surface area (Å²) in [6.45, 7) is -0.787. The molecular weight excluding hydrogens is 455 g/mol. The molecule has 0 unspecified atom stereocenters. The van der Waals surface area contributed by atoms with Gasteiger partial charge in [0.1, 0.15) is 5.75 Å². The first-order chi connectivity index (χ1) is 15.2. The number of carbonyl (C=O) groups excluding carboxylic acids is 2. The largest absolute Gasteiger partial charge is 0.479 e. The zero-order chi connectivity index (χ0) is 23.5. The second-order valence-electron chi connectivity index (χ2n) is 6.35. The fourth-order valence-corrected chi connectivity index (χ4v) is 3.01. The summed E-state index contributed by atoms with van der Waals surface area (Å²) in [5.74, 6) is -2.40. The summed E-state index contributed by atoms with van der Waals surface area (Å²) in [5.41, 5.74) is -1.16. The van der Waals surface area contributed by atoms with Crippen molar-refractivity contribution in [1.82, 2.24) is 20.4 Å². The molecule has 0 atom stereocenters. The van der Waals surface area contributed by atoms with Gasteiger partial charge in [-0.1, -0.05) is 11.6 Å². The predicted molar refractivity (Wildman–Crippen MR) is 102 cm³/mol. The molecule has 0 saturated carbocycles. The number of aromatic nitrogens is 2. The molecule has 1 aliphatic heterocycles. The van der Waals surface area contributed by atoms with Gasteiger partial charge in [0.25, 0.3) is 5.91 Å². The number of amides is 1. The molecule has 13 heteroatoms. The highest BCUT2D eigenvalue weighted by molar-refractivity contribution is 6.30. The summed E-state index contributed by atoms with van der Waals surface area (Å²) < 4.78 is 50.6. The van der Waals surface area contributed by atoms with Crippen molar-refractivity contribution in [2.24, 2.45) is 0 Å². The number of hydrogen-bond acceptors (Lipinski definition) is 8. The average Bonchev–Trinajstić information content (AvgIpc) is 2.75. The second-order valence-corrected chi connectivity index (χ2v) is 6.78. The fraction of sp³-hybridized carbons (Fsp3) is 0.211. The Bertz CT molecular complexity index is 1150. The van der Waals surface area contributed by atoms with Crippen molar-refractivity contribution in [1.29, 1.82) is 5.26 Å². The lowest BCUT2D eigenvalue weighted by Crippen LogP contribution is -2.49. The molecule has 1 aliphatic rings. The van der Waals surface area contributed by atoms with E-state index in [4.69, 9.17) is 26.3 Å². The highest BCUT2D eigenvalue weighted by Crippen LogP contribution is 2.32. The Kier molecular flexibility index (Phi) is 6.50. The number of ether oxygens (including phenoxy) is 2. The summed E-state index contributed by atoms with van der Waals surface area (Å²) in [6.07, 6.45) is -4.45. The van der Waals surface area contributed by atoms with Crippen LogP contribution in [0.3, 0.4) is 0 Å². The third-order valence-corrected chi connectivity index (χ3v) is 4.39. The highest BCUT2D eigenvalue weighted by Gasteiger charge is 2.44. The topological polar surface area (TPSA) is 117 Å². The molecule has 166 valence electrons. The van der Waals surface area contributed by atoms with Crippen LogP contribution >= 0.6 is 11.6 Å². The number of nitriles is 1. The quantitative estimate of drug-likeness (QED) is 0.644. The highest BCUT2D eigenvalue weighted by atomic mass is 35.5. The number of carbonyl (C=O) groups is 2. The number of nitrogens with one attached hydrogen (secondary N) is 1. The molecule has 1 aromatic heterocycles. The first-order valence-electron chi connectivity index (χ1n) is 8.75. The number of alkyl halides is 3. The molecule has 3 rings (SSSR count). The van der Waals surface area contributed by atoms with Crippen LogP contribution in [-0.4, -0.2) is 47.2 Å². The Morgan fingerprint density at radius 1 is 1.31 bits per heavy atom. The minimum atomic E-state index is -4.92. The monoisotopic (exact) mass is 467 g/mol. The molecule has 0 aliphatic carbocycles. The lowest BCUT2D eigenvalue weighted by atomic mass is 10.2. The maximum Gasteiger partial charge on any atom is 0.434 e. The summed E-state index contributed by atoms with van der Waals surface area (Å²) in [4.78, 5) is 25.0. The third kappa shape index (κ3) is 4.89. The molecular formula is C19H13ClF3N5O4. The zero-order valence-corrected chi connectivity index (χ0v) is 17.0. The molecule has 2 heterocycles. The van der Waals surface area contributed by atoms with Crippen molar-refractivity contribution >= 4 is 23.8 Å². The first kappa shape index (κ1) is 22.8. The first-order valence-corrected chi connectivity index (χ1v) is 9.13. The van der Waals surface area contributed by atoms with Gasteiger partial charge < -0.3 is 19.7 Å². The van der Waals surface area contributed by atoms with Crippen molar-refractivity contribution in [3.63, 3.8) is 0 Å². The average molecular weight is 468 g/mol. The van der Waals surface area contributed by atoms with E-state index in [2.05, 4.69) is 15.5 Å². The van der Waals surface area contributed by atoms with Crippen LogP contribution in [-0.2, 0) is 11.3 Å². The fourth-order valence-electron chi connectivity index (χ4n) is 2.79. The normalized spacial score (nSPS) is 14.0. The molecule has 9 nitrogen and oxygen atoms in total. The van der Waals surface area contributed by atoms with Crippen LogP contribution in [0.4, 0.5) is 13.2 Å². The van der Waals surface area contributed by atoms with E-state index in [1.807, 2.05) is 0 Å². The number of aldehydes is 1. The number of rotatable bonds is 6. The van der Waals surface area contributed by atoms with E-state index in [1.54, 1.807) is 6.07 Å². The van der Waals surface area contributed by atoms with Gasteiger partial charge in [-0.25, -0.2) is 0 Å². The molecule has 0 bridgehead atoms. The molecule has 0 radical (unpaired) electrons. The van der Waals surface area contributed by atoms with Gasteiger partial charge in [-0.05, 0) is 24.3 Å². The number of hydrogen-bond donors (Lipinski definition) is 1. The van der Waals surface area contributed by atoms with Gasteiger partial charge in [-0.3, -0.25) is 9.59 Å². The standard InChI is InChI=1S/C19H13ClF3N5O4/c1-31-17-11(8-29)4-13(26-27-17)7-28-9-25-16(19(21,22)23)15(18(28)30)32-14-3-10(6-24)2-12(20)5-14/h2-5,8,25H,7,9H2,1H3. The third-order valence-electron chi connectivity index (χ3n) is 4.17. The molecule has 32 heavy (non-hydrogen) atoms. The van der Waals surface area contributed by atoms with Crippen molar-refractivity contribution < 1.29 is 32.2 Å². The van der Waals surface area contributed by atoms with Crippen molar-refractivity contribution in [3.8, 4) is 17.7 Å². The molecule has 1 aromatic carbocycles. The van der Waals surface area contributed by atoms with E-state index in [-0.39, 0.29) is 40.0 Å². The summed E-state index contributed by atoms with van der Waals surface area (Å²) >= 11 is 5.86. The Morgan fingerprint density at radius 3 is 2.69 bits per heavy atom. The molecule has 0 fully saturated rings. The van der Waals surface area contributed by atoms with Crippen LogP contribution in [0.2, 0.25) is 5.02 Å². The van der Waals surface area contributed by atoms with Gasteiger partial charge in [-0.2, -0.15) is 18.4 Å². The van der Waals surface area contributed by atoms with Gasteiger partial charge in [0.05, 0.1) is 43.2 Å². The van der Waals surface area contributed by atoms with Gasteiger partial charge in [0.15, 0.2) is 12.0 Å². The number of methoxy groups -OCH3 is 1. The Labute approximate surface area is 184 Å². The maximum absolute atomic E-state index is 13.5. The van der Waals surface area contributed by atoms with E-state index in [0.717, 1.165) is 11.0 Å². The van der Waals surface area contributed by atoms with Gasteiger partial charge in [-0.15, -0.1) is 10.2 Å². The molecule has 0 saturated heterocycles. The molecule has 1 amide bonds. The number of allylic oxidation sites excluding steroid dienone is 1. The van der Waals surface area contributed by atoms with Crippen LogP contribution < -0.4 is 14.8 Å². The summed E-state index contributed by atoms with van der Waals surface area (Å²) in [5, 5.41) is 18.7. The Balaban J connectivity index is 1.94. The van der Waals surface area contributed by atoms with Crippen molar-refractivity contribution in [2.75, 3.05) is 13.8 Å². The summed E-state index contributed by atoms with van der Waals surface area (Å²) in [7, 11) is 1.29. The van der Waals surface area contributed by atoms with Crippen molar-refractivity contribution in [2.45, 2.75) is 12.7 Å². The number of benzene rings is 1. The van der Waals surface area contributed by atoms with Crippen LogP contribution in [0.25, 0.3) is 0 Å². The zero-order valence-electron chi connectivity index (χ0n) is 16.2. The van der Waals surface area contributed by atoms with E-state index >= 15 is 0 Å². The minimum absolute atomic E-state index is 0.0321. The number of halogens is 4. The minimum Gasteiger partial charge on any atom is -0.479 e. The van der Waals surface area contributed by atoms with E-state index in [1.165, 1.54) is 25.3 Å². The smallest absolute Gasteiger partial charge is 0.434 e. The SMILES string of the molecule is COc1nnc(CN2CNC(C(F)(F)F)=C(Oc3cc(Cl)cc(C#N)c3)C2=O)cc1C=O. The lowest BCUT2D eigenvalue weighted by molar-refractivity contribution is -0.137. The van der Waals surface area contributed by atoms with Gasteiger partial charge >= 0.3 is 6.18 Å². The molecule has 1 N–H and O–H groups in total. The Hall–Kier alpha value is -3.85. The Morgan fingerprint density at radius 2 is 2.06 bits per heavy atom. The van der Waals surface area contributed by atoms with Gasteiger partial charge in [0, 0.05) is 5.02 Å². The lowest BCUT2D eigenvalue weighted by Gasteiger charge is -2.31. The van der Waals surface area contributed by atoms with Crippen LogP contribution in [0.15, 0.2) is 35.7 Å². The maximum atomic E-state index is 13.5. The number of nitrogens with zero attached hydrogens (tertiary/aromatic N) is 4. The van der Waals surface area contributed by atoms with Crippen LogP contribution in [0, 0.1) is 11.3 Å². The van der Waals surface area contributed by atoms with Gasteiger partial charge in [0.2, 0.25) is 11.6 Å². The van der Waals surface area contributed by atoms with E-state index in [9.17, 15) is 22.8 Å². The molecule has 0 spiro atoms. The predicted octanol–water partition coefficient (Wildman–Crippen LogP) is 2.56. The second kappa shape index (κ2) is 9.11. The van der Waals surface area contributed by atoms with Crippen LogP contribution in [0.1, 0.15) is 21.6 Å². The molecule has 2 aromatic rings. The summed E-state index contributed by atoms with van der Waals surface area (Å²) in [6, 6.07) is 6.69. The van der Waals surface area contributed by atoms with E-state index in [0.29, 0.717) is 6.29 Å². The van der Waals surface area contributed by atoms with E-state index < -0.39 is 30.2 Å². The van der Waals surface area contributed by atoms with Crippen LogP contribution in [0.5, 0.6) is 11.6 Å². The van der Waals surface area contributed by atoms with Crippen molar-refractivity contribution in [3.05, 3.63) is 57.6 Å².